The maximum Gasteiger partial charge on any atom is 0.0604 e. The maximum absolute atomic E-state index is 3.40. The Morgan fingerprint density at radius 3 is 2.94 bits per heavy atom. The van der Waals surface area contributed by atoms with Crippen molar-refractivity contribution in [3.63, 3.8) is 0 Å². The van der Waals surface area contributed by atoms with Crippen LogP contribution >= 0.6 is 0 Å². The normalized spacial score (nSPS) is 20.2. The average molecular weight is 242 g/mol. The van der Waals surface area contributed by atoms with Gasteiger partial charge >= 0.3 is 0 Å². The van der Waals surface area contributed by atoms with E-state index in [0.29, 0.717) is 6.04 Å². The molecular formula is C16H22N2. The molecule has 2 heteroatoms. The molecule has 1 saturated heterocycles. The third kappa shape index (κ3) is 3.60. The van der Waals surface area contributed by atoms with Crippen LogP contribution in [0.3, 0.4) is 0 Å². The van der Waals surface area contributed by atoms with Gasteiger partial charge in [0.15, 0.2) is 0 Å². The Morgan fingerprint density at radius 1 is 1.33 bits per heavy atom. The molecule has 1 aliphatic heterocycles. The minimum Gasteiger partial charge on any atom is -0.314 e. The van der Waals surface area contributed by atoms with Crippen LogP contribution in [0.25, 0.3) is 0 Å². The van der Waals surface area contributed by atoms with Gasteiger partial charge in [0.1, 0.15) is 0 Å². The Hall–Kier alpha value is -1.30. The van der Waals surface area contributed by atoms with Crippen molar-refractivity contribution in [3.05, 3.63) is 35.4 Å². The van der Waals surface area contributed by atoms with Crippen LogP contribution in [-0.2, 0) is 6.42 Å². The number of rotatable bonds is 2. The number of hydrogen-bond donors (Lipinski definition) is 1. The zero-order chi connectivity index (χ0) is 12.8. The fourth-order valence-corrected chi connectivity index (χ4v) is 2.24. The molecule has 96 valence electrons. The van der Waals surface area contributed by atoms with Gasteiger partial charge in [-0.2, -0.15) is 0 Å². The molecule has 0 saturated carbocycles. The van der Waals surface area contributed by atoms with E-state index in [1.165, 1.54) is 11.1 Å². The van der Waals surface area contributed by atoms with Crippen LogP contribution in [0.1, 0.15) is 18.1 Å². The zero-order valence-corrected chi connectivity index (χ0v) is 11.4. The number of nitrogens with zero attached hydrogens (tertiary/aromatic N) is 1. The van der Waals surface area contributed by atoms with Gasteiger partial charge in [0.2, 0.25) is 0 Å². The summed E-state index contributed by atoms with van der Waals surface area (Å²) in [5, 5.41) is 3.40. The van der Waals surface area contributed by atoms with Crippen LogP contribution in [-0.4, -0.2) is 37.1 Å². The van der Waals surface area contributed by atoms with Crippen molar-refractivity contribution in [2.24, 2.45) is 0 Å². The lowest BCUT2D eigenvalue weighted by Gasteiger charge is -2.32. The first-order chi connectivity index (χ1) is 8.77. The molecule has 1 aromatic carbocycles. The van der Waals surface area contributed by atoms with Crippen molar-refractivity contribution >= 4 is 0 Å². The molecule has 0 spiro atoms. The van der Waals surface area contributed by atoms with Crippen molar-refractivity contribution in [1.29, 1.82) is 0 Å². The van der Waals surface area contributed by atoms with Crippen LogP contribution < -0.4 is 5.32 Å². The Bertz CT molecular complexity index is 442. The summed E-state index contributed by atoms with van der Waals surface area (Å²) in [6.07, 6.45) is 0.868. The molecule has 0 radical (unpaired) electrons. The van der Waals surface area contributed by atoms with Gasteiger partial charge < -0.3 is 5.32 Å². The highest BCUT2D eigenvalue weighted by Crippen LogP contribution is 2.06. The molecule has 1 aromatic rings. The number of nitrogens with one attached hydrogen (secondary N) is 1. The van der Waals surface area contributed by atoms with Crippen molar-refractivity contribution in [3.8, 4) is 11.8 Å². The molecule has 1 N–H and O–H groups in total. The molecule has 0 aliphatic carbocycles. The van der Waals surface area contributed by atoms with Gasteiger partial charge in [-0.1, -0.05) is 36.1 Å². The fourth-order valence-electron chi connectivity index (χ4n) is 2.24. The van der Waals surface area contributed by atoms with Crippen LogP contribution in [0.2, 0.25) is 0 Å². The first-order valence-electron chi connectivity index (χ1n) is 6.72. The van der Waals surface area contributed by atoms with Gasteiger partial charge in [-0.15, -0.1) is 0 Å². The number of benzene rings is 1. The highest BCUT2D eigenvalue weighted by Gasteiger charge is 2.15. The minimum atomic E-state index is 0.603. The first-order valence-corrected chi connectivity index (χ1v) is 6.72. The van der Waals surface area contributed by atoms with E-state index in [2.05, 4.69) is 60.2 Å². The summed E-state index contributed by atoms with van der Waals surface area (Å²) < 4.78 is 0. The largest absolute Gasteiger partial charge is 0.314 e. The summed E-state index contributed by atoms with van der Waals surface area (Å²) in [7, 11) is 0. The summed E-state index contributed by atoms with van der Waals surface area (Å²) in [5.74, 6) is 6.61. The van der Waals surface area contributed by atoms with E-state index in [9.17, 15) is 0 Å². The van der Waals surface area contributed by atoms with Crippen molar-refractivity contribution in [2.75, 3.05) is 26.2 Å². The summed E-state index contributed by atoms with van der Waals surface area (Å²) in [6, 6.07) is 9.08. The lowest BCUT2D eigenvalue weighted by atomic mass is 10.1. The van der Waals surface area contributed by atoms with Crippen molar-refractivity contribution in [1.82, 2.24) is 10.2 Å². The van der Waals surface area contributed by atoms with Crippen LogP contribution in [0.15, 0.2) is 24.3 Å². The van der Waals surface area contributed by atoms with Crippen LogP contribution in [0.5, 0.6) is 0 Å². The molecule has 1 aliphatic rings. The lowest BCUT2D eigenvalue weighted by molar-refractivity contribution is 0.196. The predicted molar refractivity (Wildman–Crippen MR) is 76.6 cm³/mol. The number of aryl methyl sites for hydroxylation is 1. The minimum absolute atomic E-state index is 0.603. The number of hydrogen-bond acceptors (Lipinski definition) is 2. The second-order valence-electron chi connectivity index (χ2n) is 4.98. The zero-order valence-electron chi connectivity index (χ0n) is 11.4. The average Bonchev–Trinajstić information content (AvgIpc) is 2.38. The molecule has 18 heavy (non-hydrogen) atoms. The standard InChI is InChI=1S/C16H22N2/c1-14-7-3-4-8-16(14)9-5-6-11-18-12-10-17-13-15(18)2/h3-4,7-8,15,17H,9-13H2,1-2H3. The maximum atomic E-state index is 3.40. The smallest absolute Gasteiger partial charge is 0.0604 e. The van der Waals surface area contributed by atoms with Gasteiger partial charge in [-0.3, -0.25) is 4.90 Å². The SMILES string of the molecule is Cc1ccccc1CC#CCN1CCNCC1C. The Balaban J connectivity index is 1.84. The van der Waals surface area contributed by atoms with Gasteiger partial charge in [-0.25, -0.2) is 0 Å². The van der Waals surface area contributed by atoms with E-state index < -0.39 is 0 Å². The molecule has 0 bridgehead atoms. The first kappa shape index (κ1) is 13.1. The van der Waals surface area contributed by atoms with Crippen molar-refractivity contribution < 1.29 is 0 Å². The summed E-state index contributed by atoms with van der Waals surface area (Å²) in [4.78, 5) is 2.45. The van der Waals surface area contributed by atoms with Gasteiger partial charge in [0, 0.05) is 32.1 Å². The third-order valence-corrected chi connectivity index (χ3v) is 3.59. The van der Waals surface area contributed by atoms with E-state index in [4.69, 9.17) is 0 Å². The Labute approximate surface area is 110 Å². The monoisotopic (exact) mass is 242 g/mol. The van der Waals surface area contributed by atoms with Crippen LogP contribution in [0.4, 0.5) is 0 Å². The summed E-state index contributed by atoms with van der Waals surface area (Å²) in [5.41, 5.74) is 2.68. The molecular weight excluding hydrogens is 220 g/mol. The second-order valence-corrected chi connectivity index (χ2v) is 4.98. The van der Waals surface area contributed by atoms with Crippen molar-refractivity contribution in [2.45, 2.75) is 26.3 Å². The topological polar surface area (TPSA) is 15.3 Å². The highest BCUT2D eigenvalue weighted by atomic mass is 15.2. The van der Waals surface area contributed by atoms with E-state index in [0.717, 1.165) is 32.6 Å². The van der Waals surface area contributed by atoms with E-state index in [-0.39, 0.29) is 0 Å². The molecule has 0 aromatic heterocycles. The number of piperazine rings is 1. The molecule has 2 rings (SSSR count). The molecule has 1 heterocycles. The van der Waals surface area contributed by atoms with Crippen LogP contribution in [0, 0.1) is 18.8 Å². The molecule has 0 amide bonds. The molecule has 2 nitrogen and oxygen atoms in total. The Morgan fingerprint density at radius 2 is 2.17 bits per heavy atom. The van der Waals surface area contributed by atoms with E-state index in [1.807, 2.05) is 0 Å². The van der Waals surface area contributed by atoms with E-state index >= 15 is 0 Å². The summed E-state index contributed by atoms with van der Waals surface area (Å²) >= 11 is 0. The quantitative estimate of drug-likeness (QED) is 0.796. The fraction of sp³-hybridized carbons (Fsp3) is 0.500. The van der Waals surface area contributed by atoms with Gasteiger partial charge in [-0.05, 0) is 25.0 Å². The van der Waals surface area contributed by atoms with Gasteiger partial charge in [0.05, 0.1) is 6.54 Å². The summed E-state index contributed by atoms with van der Waals surface area (Å²) in [6.45, 7) is 8.59. The molecule has 1 unspecified atom stereocenters. The highest BCUT2D eigenvalue weighted by molar-refractivity contribution is 5.29. The Kier molecular flexibility index (Phi) is 4.81. The molecule has 1 fully saturated rings. The predicted octanol–water partition coefficient (Wildman–Crippen LogP) is 1.83. The molecule has 1 atom stereocenters. The lowest BCUT2D eigenvalue weighted by Crippen LogP contribution is -2.49. The van der Waals surface area contributed by atoms with Gasteiger partial charge in [0.25, 0.3) is 0 Å². The van der Waals surface area contributed by atoms with E-state index in [1.54, 1.807) is 0 Å². The second kappa shape index (κ2) is 6.58. The third-order valence-electron chi connectivity index (χ3n) is 3.59.